The second-order valence-corrected chi connectivity index (χ2v) is 8.20. The molecule has 1 aliphatic heterocycles. The number of halogens is 1. The first-order valence-corrected chi connectivity index (χ1v) is 10.2. The summed E-state index contributed by atoms with van der Waals surface area (Å²) >= 11 is 3.45. The Kier molecular flexibility index (Phi) is 6.37. The van der Waals surface area contributed by atoms with Gasteiger partial charge in [0.25, 0.3) is 0 Å². The van der Waals surface area contributed by atoms with E-state index in [1.54, 1.807) is 11.9 Å². The first-order chi connectivity index (χ1) is 13.8. The summed E-state index contributed by atoms with van der Waals surface area (Å²) in [7, 11) is 1.59. The van der Waals surface area contributed by atoms with Gasteiger partial charge in [0.15, 0.2) is 0 Å². The molecule has 1 fully saturated rings. The Balaban J connectivity index is 1.61. The number of likely N-dealkylation sites (N-methyl/N-ethyl adjacent to an activating group) is 1. The summed E-state index contributed by atoms with van der Waals surface area (Å²) in [5, 5.41) is 2.86. The summed E-state index contributed by atoms with van der Waals surface area (Å²) in [4.78, 5) is 40.7. The van der Waals surface area contributed by atoms with Crippen molar-refractivity contribution in [1.29, 1.82) is 0 Å². The number of hydrogen-bond donors (Lipinski definition) is 1. The highest BCUT2D eigenvalue weighted by Gasteiger charge is 2.37. The number of carbonyl (C=O) groups excluding carboxylic acids is 3. The van der Waals surface area contributed by atoms with E-state index in [1.807, 2.05) is 56.3 Å². The minimum Gasteiger partial charge on any atom is -0.336 e. The number of para-hydroxylation sites is 1. The molecule has 2 aromatic rings. The summed E-state index contributed by atoms with van der Waals surface area (Å²) in [6.07, 6.45) is 0.142. The van der Waals surface area contributed by atoms with Crippen LogP contribution in [0.5, 0.6) is 0 Å². The Bertz CT molecular complexity index is 960. The van der Waals surface area contributed by atoms with Gasteiger partial charge in [-0.25, -0.2) is 0 Å². The van der Waals surface area contributed by atoms with Gasteiger partial charge in [-0.15, -0.1) is 0 Å². The molecule has 29 heavy (non-hydrogen) atoms. The van der Waals surface area contributed by atoms with Crippen LogP contribution in [0.2, 0.25) is 0 Å². The predicted molar refractivity (Wildman–Crippen MR) is 117 cm³/mol. The fourth-order valence-corrected chi connectivity index (χ4v) is 3.96. The van der Waals surface area contributed by atoms with E-state index in [2.05, 4.69) is 21.2 Å². The van der Waals surface area contributed by atoms with Crippen molar-refractivity contribution in [2.24, 2.45) is 5.92 Å². The predicted octanol–water partition coefficient (Wildman–Crippen LogP) is 3.52. The molecular weight excluding hydrogens is 434 g/mol. The number of anilines is 2. The molecule has 1 aliphatic rings. The van der Waals surface area contributed by atoms with Crippen LogP contribution in [0.1, 0.15) is 17.5 Å². The van der Waals surface area contributed by atoms with E-state index < -0.39 is 5.92 Å². The van der Waals surface area contributed by atoms with Crippen LogP contribution in [0.4, 0.5) is 11.4 Å². The largest absolute Gasteiger partial charge is 0.336 e. The maximum atomic E-state index is 12.8. The highest BCUT2D eigenvalue weighted by Crippen LogP contribution is 2.31. The third-order valence-electron chi connectivity index (χ3n) is 5.25. The Labute approximate surface area is 179 Å². The molecule has 1 unspecified atom stereocenters. The van der Waals surface area contributed by atoms with Gasteiger partial charge in [0, 0.05) is 30.2 Å². The van der Waals surface area contributed by atoms with Crippen LogP contribution in [0.3, 0.4) is 0 Å². The van der Waals surface area contributed by atoms with Gasteiger partial charge in [-0.2, -0.15) is 0 Å². The molecule has 3 rings (SSSR count). The normalized spacial score (nSPS) is 16.1. The molecule has 0 saturated carbocycles. The van der Waals surface area contributed by atoms with Crippen molar-refractivity contribution >= 4 is 45.0 Å². The summed E-state index contributed by atoms with van der Waals surface area (Å²) in [6.45, 7) is 4.17. The van der Waals surface area contributed by atoms with Crippen LogP contribution >= 0.6 is 15.9 Å². The third kappa shape index (κ3) is 4.67. The SMILES string of the molecule is Cc1cccc(NC(=O)CN(C)C(=O)C2CC(=O)N(c3ccccc3Br)C2)c1C. The molecular formula is C22H24BrN3O3. The van der Waals surface area contributed by atoms with Gasteiger partial charge in [0.1, 0.15) is 0 Å². The number of nitrogens with one attached hydrogen (secondary N) is 1. The van der Waals surface area contributed by atoms with Crippen molar-refractivity contribution in [2.45, 2.75) is 20.3 Å². The van der Waals surface area contributed by atoms with E-state index in [1.165, 1.54) is 4.90 Å². The highest BCUT2D eigenvalue weighted by atomic mass is 79.9. The first kappa shape index (κ1) is 21.0. The molecule has 0 radical (unpaired) electrons. The van der Waals surface area contributed by atoms with Gasteiger partial charge in [-0.1, -0.05) is 24.3 Å². The zero-order valence-corrected chi connectivity index (χ0v) is 18.3. The monoisotopic (exact) mass is 457 g/mol. The molecule has 1 N–H and O–H groups in total. The van der Waals surface area contributed by atoms with E-state index in [0.29, 0.717) is 6.54 Å². The summed E-state index contributed by atoms with van der Waals surface area (Å²) < 4.78 is 0.808. The zero-order valence-electron chi connectivity index (χ0n) is 16.7. The lowest BCUT2D eigenvalue weighted by atomic mass is 10.1. The number of rotatable bonds is 5. The Morgan fingerprint density at radius 2 is 1.90 bits per heavy atom. The molecule has 0 spiro atoms. The quantitative estimate of drug-likeness (QED) is 0.746. The van der Waals surface area contributed by atoms with Crippen molar-refractivity contribution in [3.05, 3.63) is 58.1 Å². The maximum absolute atomic E-state index is 12.8. The minimum atomic E-state index is -0.465. The average Bonchev–Trinajstić information content (AvgIpc) is 3.06. The van der Waals surface area contributed by atoms with Gasteiger partial charge >= 0.3 is 0 Å². The fourth-order valence-electron chi connectivity index (χ4n) is 3.46. The van der Waals surface area contributed by atoms with Crippen LogP contribution < -0.4 is 10.2 Å². The number of hydrogen-bond acceptors (Lipinski definition) is 3. The molecule has 0 aliphatic carbocycles. The molecule has 1 saturated heterocycles. The molecule has 6 nitrogen and oxygen atoms in total. The molecule has 1 heterocycles. The van der Waals surface area contributed by atoms with E-state index in [0.717, 1.165) is 27.0 Å². The number of benzene rings is 2. The fraction of sp³-hybridized carbons (Fsp3) is 0.318. The average molecular weight is 458 g/mol. The van der Waals surface area contributed by atoms with Crippen LogP contribution in [-0.2, 0) is 14.4 Å². The molecule has 0 bridgehead atoms. The van der Waals surface area contributed by atoms with Crippen LogP contribution in [0.25, 0.3) is 0 Å². The smallest absolute Gasteiger partial charge is 0.243 e. The van der Waals surface area contributed by atoms with Gasteiger partial charge in [-0.3, -0.25) is 14.4 Å². The van der Waals surface area contributed by atoms with Gasteiger partial charge in [0.05, 0.1) is 18.2 Å². The highest BCUT2D eigenvalue weighted by molar-refractivity contribution is 9.10. The standard InChI is InChI=1S/C22H24BrN3O3/c1-14-7-6-9-18(15(14)2)24-20(27)13-25(3)22(29)16-11-21(28)26(12-16)19-10-5-4-8-17(19)23/h4-10,16H,11-13H2,1-3H3,(H,24,27). The maximum Gasteiger partial charge on any atom is 0.243 e. The van der Waals surface area contributed by atoms with Gasteiger partial charge in [-0.05, 0) is 59.1 Å². The van der Waals surface area contributed by atoms with Gasteiger partial charge in [0.2, 0.25) is 17.7 Å². The number of aryl methyl sites for hydroxylation is 1. The summed E-state index contributed by atoms with van der Waals surface area (Å²) in [5.74, 6) is -1.03. The Morgan fingerprint density at radius 3 is 2.62 bits per heavy atom. The number of carbonyl (C=O) groups is 3. The van der Waals surface area contributed by atoms with Crippen LogP contribution in [0.15, 0.2) is 46.9 Å². The van der Waals surface area contributed by atoms with Crippen LogP contribution in [-0.4, -0.2) is 42.8 Å². The molecule has 2 aromatic carbocycles. The van der Waals surface area contributed by atoms with Crippen LogP contribution in [0, 0.1) is 19.8 Å². The van der Waals surface area contributed by atoms with Crippen molar-refractivity contribution in [3.63, 3.8) is 0 Å². The molecule has 152 valence electrons. The zero-order chi connectivity index (χ0) is 21.1. The summed E-state index contributed by atoms with van der Waals surface area (Å²) in [6, 6.07) is 13.1. The van der Waals surface area contributed by atoms with E-state index in [-0.39, 0.29) is 30.7 Å². The van der Waals surface area contributed by atoms with Crippen molar-refractivity contribution in [2.75, 3.05) is 30.4 Å². The lowest BCUT2D eigenvalue weighted by Gasteiger charge is -2.22. The number of nitrogens with zero attached hydrogens (tertiary/aromatic N) is 2. The molecule has 1 atom stereocenters. The number of amides is 3. The summed E-state index contributed by atoms with van der Waals surface area (Å²) in [5.41, 5.74) is 3.58. The topological polar surface area (TPSA) is 69.7 Å². The lowest BCUT2D eigenvalue weighted by molar-refractivity contribution is -0.137. The van der Waals surface area contributed by atoms with Crippen molar-refractivity contribution in [1.82, 2.24) is 4.90 Å². The molecule has 7 heteroatoms. The molecule has 0 aromatic heterocycles. The Morgan fingerprint density at radius 1 is 1.17 bits per heavy atom. The van der Waals surface area contributed by atoms with E-state index in [9.17, 15) is 14.4 Å². The Hall–Kier alpha value is -2.67. The molecule has 3 amide bonds. The second kappa shape index (κ2) is 8.78. The van der Waals surface area contributed by atoms with Gasteiger partial charge < -0.3 is 15.1 Å². The van der Waals surface area contributed by atoms with Crippen molar-refractivity contribution < 1.29 is 14.4 Å². The first-order valence-electron chi connectivity index (χ1n) is 9.44. The van der Waals surface area contributed by atoms with Crippen molar-refractivity contribution in [3.8, 4) is 0 Å². The van der Waals surface area contributed by atoms with E-state index in [4.69, 9.17) is 0 Å². The minimum absolute atomic E-state index is 0.0636. The second-order valence-electron chi connectivity index (χ2n) is 7.35. The lowest BCUT2D eigenvalue weighted by Crippen LogP contribution is -2.39. The van der Waals surface area contributed by atoms with E-state index >= 15 is 0 Å². The third-order valence-corrected chi connectivity index (χ3v) is 5.92.